The first kappa shape index (κ1) is 31.4. The van der Waals surface area contributed by atoms with Crippen LogP contribution in [0.25, 0.3) is 0 Å². The molecule has 0 bridgehead atoms. The Morgan fingerprint density at radius 1 is 1.00 bits per heavy atom. The van der Waals surface area contributed by atoms with Gasteiger partial charge in [0.15, 0.2) is 14.4 Å². The Bertz CT molecular complexity index is 1350. The van der Waals surface area contributed by atoms with Gasteiger partial charge in [0, 0.05) is 38.4 Å². The third-order valence-electron chi connectivity index (χ3n) is 8.17. The van der Waals surface area contributed by atoms with E-state index in [2.05, 4.69) is 43.8 Å². The highest BCUT2D eigenvalue weighted by Crippen LogP contribution is 2.40. The molecule has 0 saturated carbocycles. The highest BCUT2D eigenvalue weighted by Gasteiger charge is 2.48. The number of hydrogen-bond donors (Lipinski definition) is 0. The van der Waals surface area contributed by atoms with Gasteiger partial charge in [-0.1, -0.05) is 38.5 Å². The standard InChI is InChI=1S/C27H37F3N4O5SSi/c1-18-7-9-20(10-8-18)40(36,37)38-22-12-14-34(24(22)35)21-11-13-33(17-23(21)39-41(5,6)26(2,3)4)25-31-15-19(16-32-25)27(28,29)30/h7-10,15-16,21-23H,11-14,17H2,1-6H3. The molecule has 2 aromatic rings. The minimum Gasteiger partial charge on any atom is -0.410 e. The van der Waals surface area contributed by atoms with Gasteiger partial charge in [0.05, 0.1) is 22.6 Å². The monoisotopic (exact) mass is 614 g/mol. The van der Waals surface area contributed by atoms with Crippen LogP contribution < -0.4 is 4.90 Å². The Labute approximate surface area is 240 Å². The number of aryl methyl sites for hydroxylation is 1. The molecule has 4 rings (SSSR count). The predicted octanol–water partition coefficient (Wildman–Crippen LogP) is 4.78. The van der Waals surface area contributed by atoms with Crippen molar-refractivity contribution >= 4 is 30.3 Å². The van der Waals surface area contributed by atoms with Crippen LogP contribution in [0.15, 0.2) is 41.6 Å². The molecule has 3 heterocycles. The number of alkyl halides is 3. The topological polar surface area (TPSA) is 102 Å². The van der Waals surface area contributed by atoms with E-state index >= 15 is 0 Å². The first-order valence-corrected chi connectivity index (χ1v) is 17.8. The maximum atomic E-state index is 13.5. The molecule has 0 spiro atoms. The number of carbonyl (C=O) groups excluding carboxylic acids is 1. The second-order valence-electron chi connectivity index (χ2n) is 12.2. The summed E-state index contributed by atoms with van der Waals surface area (Å²) in [6.07, 6.45) is -4.01. The van der Waals surface area contributed by atoms with Gasteiger partial charge in [-0.15, -0.1) is 0 Å². The molecule has 226 valence electrons. The lowest BCUT2D eigenvalue weighted by atomic mass is 10.0. The summed E-state index contributed by atoms with van der Waals surface area (Å²) in [7, 11) is -6.50. The number of hydrogen-bond acceptors (Lipinski definition) is 8. The van der Waals surface area contributed by atoms with E-state index in [9.17, 15) is 26.4 Å². The second-order valence-corrected chi connectivity index (χ2v) is 18.5. The van der Waals surface area contributed by atoms with E-state index in [1.54, 1.807) is 21.9 Å². The quantitative estimate of drug-likeness (QED) is 0.325. The fourth-order valence-electron chi connectivity index (χ4n) is 4.75. The van der Waals surface area contributed by atoms with Crippen molar-refractivity contribution < 1.29 is 35.0 Å². The molecule has 1 aromatic heterocycles. The fraction of sp³-hybridized carbons (Fsp3) is 0.593. The Hall–Kier alpha value is -2.55. The number of nitrogens with zero attached hydrogens (tertiary/aromatic N) is 4. The molecule has 2 fully saturated rings. The highest BCUT2D eigenvalue weighted by atomic mass is 32.2. The second kappa shape index (κ2) is 11.3. The number of likely N-dealkylation sites (tertiary alicyclic amines) is 1. The average molecular weight is 615 g/mol. The summed E-state index contributed by atoms with van der Waals surface area (Å²) >= 11 is 0. The van der Waals surface area contributed by atoms with Crippen molar-refractivity contribution in [1.29, 1.82) is 0 Å². The first-order chi connectivity index (χ1) is 18.9. The summed E-state index contributed by atoms with van der Waals surface area (Å²) in [5, 5.41) is -0.145. The Morgan fingerprint density at radius 3 is 2.17 bits per heavy atom. The van der Waals surface area contributed by atoms with E-state index in [0.29, 0.717) is 19.5 Å². The van der Waals surface area contributed by atoms with Crippen LogP contribution in [0.2, 0.25) is 18.1 Å². The number of amides is 1. The van der Waals surface area contributed by atoms with E-state index in [-0.39, 0.29) is 34.9 Å². The molecule has 3 unspecified atom stereocenters. The molecule has 0 radical (unpaired) electrons. The summed E-state index contributed by atoms with van der Waals surface area (Å²) in [5.74, 6) is -0.271. The molecule has 0 N–H and O–H groups in total. The Kier molecular flexibility index (Phi) is 8.62. The van der Waals surface area contributed by atoms with Crippen molar-refractivity contribution in [3.63, 3.8) is 0 Å². The van der Waals surface area contributed by atoms with E-state index in [1.807, 2.05) is 6.92 Å². The van der Waals surface area contributed by atoms with Crippen molar-refractivity contribution in [3.8, 4) is 0 Å². The molecule has 1 aromatic carbocycles. The predicted molar refractivity (Wildman–Crippen MR) is 149 cm³/mol. The number of piperidine rings is 1. The van der Waals surface area contributed by atoms with Crippen LogP contribution in [0.3, 0.4) is 0 Å². The molecule has 2 saturated heterocycles. The van der Waals surface area contributed by atoms with E-state index in [1.165, 1.54) is 12.1 Å². The average Bonchev–Trinajstić information content (AvgIpc) is 3.22. The van der Waals surface area contributed by atoms with Crippen LogP contribution in [0.4, 0.5) is 19.1 Å². The van der Waals surface area contributed by atoms with Crippen LogP contribution >= 0.6 is 0 Å². The maximum absolute atomic E-state index is 13.5. The molecule has 14 heteroatoms. The van der Waals surface area contributed by atoms with Crippen molar-refractivity contribution in [2.75, 3.05) is 24.5 Å². The van der Waals surface area contributed by atoms with Crippen molar-refractivity contribution in [2.45, 2.75) is 88.0 Å². The van der Waals surface area contributed by atoms with Gasteiger partial charge in [-0.2, -0.15) is 21.6 Å². The Morgan fingerprint density at radius 2 is 1.61 bits per heavy atom. The highest BCUT2D eigenvalue weighted by molar-refractivity contribution is 7.86. The van der Waals surface area contributed by atoms with Crippen LogP contribution in [0, 0.1) is 6.92 Å². The fourth-order valence-corrected chi connectivity index (χ4v) is 7.16. The van der Waals surface area contributed by atoms with E-state index < -0.39 is 48.3 Å². The van der Waals surface area contributed by atoms with E-state index in [0.717, 1.165) is 18.0 Å². The van der Waals surface area contributed by atoms with Crippen molar-refractivity contribution in [1.82, 2.24) is 14.9 Å². The van der Waals surface area contributed by atoms with Gasteiger partial charge >= 0.3 is 6.18 Å². The zero-order valence-corrected chi connectivity index (χ0v) is 25.9. The zero-order valence-electron chi connectivity index (χ0n) is 24.1. The zero-order chi connectivity index (χ0) is 30.4. The van der Waals surface area contributed by atoms with Crippen molar-refractivity contribution in [3.05, 3.63) is 47.8 Å². The summed E-state index contributed by atoms with van der Waals surface area (Å²) in [6.45, 7) is 13.2. The molecule has 1 amide bonds. The summed E-state index contributed by atoms with van der Waals surface area (Å²) in [5.41, 5.74) is -0.0348. The minimum atomic E-state index is -4.54. The third kappa shape index (κ3) is 6.92. The van der Waals surface area contributed by atoms with Crippen LogP contribution in [0.1, 0.15) is 44.7 Å². The first-order valence-electron chi connectivity index (χ1n) is 13.5. The molecular formula is C27H37F3N4O5SSi. The van der Waals surface area contributed by atoms with Gasteiger partial charge in [0.1, 0.15) is 0 Å². The lowest BCUT2D eigenvalue weighted by Gasteiger charge is -2.47. The van der Waals surface area contributed by atoms with Gasteiger partial charge in [0.2, 0.25) is 5.95 Å². The number of benzene rings is 1. The normalized spacial score (nSPS) is 22.9. The third-order valence-corrected chi connectivity index (χ3v) is 14.0. The number of carbonyl (C=O) groups is 1. The van der Waals surface area contributed by atoms with Gasteiger partial charge in [0.25, 0.3) is 16.0 Å². The molecule has 9 nitrogen and oxygen atoms in total. The molecule has 2 aliphatic heterocycles. The molecule has 0 aliphatic carbocycles. The lowest BCUT2D eigenvalue weighted by molar-refractivity contribution is -0.138. The summed E-state index contributed by atoms with van der Waals surface area (Å²) < 4.78 is 77.0. The minimum absolute atomic E-state index is 0.0154. The SMILES string of the molecule is Cc1ccc(S(=O)(=O)OC2CCN(C3CCN(c4ncc(C(F)(F)F)cn4)CC3O[Si](C)(C)C(C)(C)C)C2=O)cc1. The van der Waals surface area contributed by atoms with Gasteiger partial charge < -0.3 is 14.2 Å². The molecule has 2 aliphatic rings. The number of halogens is 3. The van der Waals surface area contributed by atoms with Crippen LogP contribution in [-0.4, -0.2) is 75.4 Å². The number of anilines is 1. The van der Waals surface area contributed by atoms with Gasteiger partial charge in [-0.3, -0.25) is 8.98 Å². The van der Waals surface area contributed by atoms with Gasteiger partial charge in [-0.05, 0) is 43.6 Å². The molecule has 41 heavy (non-hydrogen) atoms. The summed E-state index contributed by atoms with van der Waals surface area (Å²) in [4.78, 5) is 24.8. The molecule has 3 atom stereocenters. The van der Waals surface area contributed by atoms with Crippen LogP contribution in [-0.2, 0) is 29.7 Å². The lowest BCUT2D eigenvalue weighted by Crippen LogP contribution is -2.60. The van der Waals surface area contributed by atoms with E-state index in [4.69, 9.17) is 8.61 Å². The number of aromatic nitrogens is 2. The maximum Gasteiger partial charge on any atom is 0.419 e. The van der Waals surface area contributed by atoms with Crippen LogP contribution in [0.5, 0.6) is 0 Å². The van der Waals surface area contributed by atoms with Gasteiger partial charge in [-0.25, -0.2) is 9.97 Å². The smallest absolute Gasteiger partial charge is 0.410 e. The summed E-state index contributed by atoms with van der Waals surface area (Å²) in [6, 6.07) is 5.85. The Balaban J connectivity index is 1.54. The van der Waals surface area contributed by atoms with Crippen molar-refractivity contribution in [2.24, 2.45) is 0 Å². The number of rotatable bonds is 7. The molecular weight excluding hydrogens is 577 g/mol. The largest absolute Gasteiger partial charge is 0.419 e.